The first kappa shape index (κ1) is 16.6. The summed E-state index contributed by atoms with van der Waals surface area (Å²) in [6, 6.07) is 16.0. The van der Waals surface area contributed by atoms with Crippen LogP contribution in [0.5, 0.6) is 0 Å². The predicted octanol–water partition coefficient (Wildman–Crippen LogP) is 4.71. The zero-order chi connectivity index (χ0) is 18.5. The average Bonchev–Trinajstić information content (AvgIpc) is 2.99. The number of hydrogen-bond donors (Lipinski definition) is 1. The summed E-state index contributed by atoms with van der Waals surface area (Å²) in [5.41, 5.74) is 6.10. The maximum absolute atomic E-state index is 13.3. The number of benzene rings is 2. The number of allylic oxidation sites excluding steroid dienone is 3. The third-order valence-electron chi connectivity index (χ3n) is 5.71. The fraction of sp³-hybridized carbons (Fsp3) is 0.217. The van der Waals surface area contributed by atoms with Gasteiger partial charge in [0.05, 0.1) is 5.70 Å². The van der Waals surface area contributed by atoms with E-state index in [1.54, 1.807) is 11.8 Å². The average molecular weight is 373 g/mol. The van der Waals surface area contributed by atoms with Crippen LogP contribution in [0.4, 0.5) is 0 Å². The van der Waals surface area contributed by atoms with Crippen LogP contribution in [0.3, 0.4) is 0 Å². The number of rotatable bonds is 2. The Morgan fingerprint density at radius 1 is 0.926 bits per heavy atom. The summed E-state index contributed by atoms with van der Waals surface area (Å²) in [5, 5.41) is 3.47. The van der Waals surface area contributed by atoms with Crippen molar-refractivity contribution in [2.45, 2.75) is 30.1 Å². The quantitative estimate of drug-likeness (QED) is 0.775. The molecule has 0 saturated heterocycles. The molecule has 0 spiro atoms. The number of thioether (sulfide) groups is 1. The maximum Gasteiger partial charge on any atom is 0.192 e. The fourth-order valence-corrected chi connectivity index (χ4v) is 4.87. The van der Waals surface area contributed by atoms with Crippen LogP contribution in [0.2, 0.25) is 0 Å². The molecule has 3 nitrogen and oxygen atoms in total. The number of carbonyl (C=O) groups excluding carboxylic acids is 2. The van der Waals surface area contributed by atoms with E-state index in [9.17, 15) is 9.59 Å². The Morgan fingerprint density at radius 3 is 2.41 bits per heavy atom. The van der Waals surface area contributed by atoms with Crippen LogP contribution in [0.1, 0.15) is 46.7 Å². The van der Waals surface area contributed by atoms with Crippen LogP contribution in [0.15, 0.2) is 70.3 Å². The van der Waals surface area contributed by atoms with Crippen LogP contribution in [-0.2, 0) is 4.79 Å². The number of nitrogens with one attached hydrogen (secondary N) is 1. The van der Waals surface area contributed by atoms with E-state index in [1.165, 1.54) is 4.90 Å². The number of fused-ring (bicyclic) bond motifs is 2. The molecule has 2 aromatic rings. The van der Waals surface area contributed by atoms with Crippen LogP contribution in [-0.4, -0.2) is 17.8 Å². The second kappa shape index (κ2) is 6.24. The molecule has 2 aliphatic carbocycles. The van der Waals surface area contributed by atoms with Gasteiger partial charge in [-0.05, 0) is 36.8 Å². The topological polar surface area (TPSA) is 46.2 Å². The molecule has 0 radical (unpaired) electrons. The molecule has 3 aliphatic rings. The van der Waals surface area contributed by atoms with Gasteiger partial charge in [-0.1, -0.05) is 36.4 Å². The summed E-state index contributed by atoms with van der Waals surface area (Å²) in [5.74, 6) is -0.0742. The minimum absolute atomic E-state index is 0.0389. The number of dihydropyridines is 1. The molecule has 27 heavy (non-hydrogen) atoms. The van der Waals surface area contributed by atoms with E-state index < -0.39 is 0 Å². The molecule has 1 atom stereocenters. The van der Waals surface area contributed by atoms with E-state index in [-0.39, 0.29) is 17.5 Å². The molecule has 1 heterocycles. The molecular formula is C23H19NO2S. The van der Waals surface area contributed by atoms with Gasteiger partial charge in [-0.15, -0.1) is 11.8 Å². The Kier molecular flexibility index (Phi) is 3.83. The van der Waals surface area contributed by atoms with Gasteiger partial charge in [0, 0.05) is 45.2 Å². The highest BCUT2D eigenvalue weighted by Crippen LogP contribution is 2.48. The van der Waals surface area contributed by atoms with E-state index in [4.69, 9.17) is 0 Å². The Balaban J connectivity index is 1.72. The summed E-state index contributed by atoms with van der Waals surface area (Å²) in [6.45, 7) is 0. The maximum atomic E-state index is 13.3. The monoisotopic (exact) mass is 373 g/mol. The highest BCUT2D eigenvalue weighted by atomic mass is 32.2. The first-order valence-electron chi connectivity index (χ1n) is 9.24. The number of hydrogen-bond acceptors (Lipinski definition) is 4. The lowest BCUT2D eigenvalue weighted by molar-refractivity contribution is -0.116. The largest absolute Gasteiger partial charge is 0.358 e. The van der Waals surface area contributed by atoms with Crippen molar-refractivity contribution in [1.82, 2.24) is 5.32 Å². The van der Waals surface area contributed by atoms with E-state index >= 15 is 0 Å². The fourth-order valence-electron chi connectivity index (χ4n) is 4.47. The van der Waals surface area contributed by atoms with Crippen LogP contribution in [0.25, 0.3) is 5.70 Å². The van der Waals surface area contributed by atoms with Crippen molar-refractivity contribution < 1.29 is 9.59 Å². The molecule has 2 aromatic carbocycles. The summed E-state index contributed by atoms with van der Waals surface area (Å²) in [7, 11) is 0. The number of Topliss-reactive ketones (excluding diaryl/α,β-unsaturated/α-hetero) is 2. The number of ketones is 2. The van der Waals surface area contributed by atoms with Gasteiger partial charge in [-0.25, -0.2) is 0 Å². The molecule has 4 heteroatoms. The van der Waals surface area contributed by atoms with Crippen molar-refractivity contribution in [3.63, 3.8) is 0 Å². The van der Waals surface area contributed by atoms with Gasteiger partial charge in [0.2, 0.25) is 0 Å². The van der Waals surface area contributed by atoms with Crippen LogP contribution < -0.4 is 5.32 Å². The van der Waals surface area contributed by atoms with Gasteiger partial charge in [-0.2, -0.15) is 0 Å². The summed E-state index contributed by atoms with van der Waals surface area (Å²) < 4.78 is 0. The van der Waals surface area contributed by atoms with Gasteiger partial charge in [-0.3, -0.25) is 9.59 Å². The van der Waals surface area contributed by atoms with Crippen molar-refractivity contribution in [2.75, 3.05) is 6.26 Å². The van der Waals surface area contributed by atoms with E-state index in [1.807, 2.05) is 30.5 Å². The van der Waals surface area contributed by atoms with Gasteiger partial charge in [0.1, 0.15) is 0 Å². The molecule has 0 aromatic heterocycles. The van der Waals surface area contributed by atoms with Crippen LogP contribution in [0, 0.1) is 0 Å². The lowest BCUT2D eigenvalue weighted by Crippen LogP contribution is -2.31. The molecule has 0 amide bonds. The molecule has 1 aliphatic heterocycles. The molecule has 1 unspecified atom stereocenters. The summed E-state index contributed by atoms with van der Waals surface area (Å²) in [6.07, 6.45) is 4.32. The summed E-state index contributed by atoms with van der Waals surface area (Å²) >= 11 is 1.69. The molecule has 0 bridgehead atoms. The zero-order valence-electron chi connectivity index (χ0n) is 15.0. The lowest BCUT2D eigenvalue weighted by atomic mass is 9.75. The van der Waals surface area contributed by atoms with E-state index in [0.717, 1.165) is 52.1 Å². The first-order valence-corrected chi connectivity index (χ1v) is 10.5. The smallest absolute Gasteiger partial charge is 0.192 e. The standard InChI is InChI=1S/C23H19NO2S/c1-27-14-11-9-13(10-12-14)19-20-17(7-4-8-18(20)25)24-22-15-5-2-3-6-16(15)23(26)21(19)22/h2-3,5-6,9-12,19,24H,4,7-8H2,1H3. The summed E-state index contributed by atoms with van der Waals surface area (Å²) in [4.78, 5) is 27.3. The van der Waals surface area contributed by atoms with Crippen molar-refractivity contribution in [3.05, 3.63) is 82.1 Å². The molecule has 1 N–H and O–H groups in total. The highest BCUT2D eigenvalue weighted by molar-refractivity contribution is 7.98. The lowest BCUT2D eigenvalue weighted by Gasteiger charge is -2.33. The van der Waals surface area contributed by atoms with Gasteiger partial charge < -0.3 is 5.32 Å². The normalized spacial score (nSPS) is 21.0. The molecule has 5 rings (SSSR count). The second-order valence-corrected chi connectivity index (χ2v) is 8.04. The SMILES string of the molecule is CSc1ccc(C2C3=C(CCCC3=O)NC3=C2C(=O)c2ccccc23)cc1. The van der Waals surface area contributed by atoms with Gasteiger partial charge in [0.25, 0.3) is 0 Å². The van der Waals surface area contributed by atoms with Crippen LogP contribution >= 0.6 is 11.8 Å². The molecule has 0 saturated carbocycles. The Bertz CT molecular complexity index is 1050. The van der Waals surface area contributed by atoms with Crippen molar-refractivity contribution in [2.24, 2.45) is 0 Å². The van der Waals surface area contributed by atoms with Crippen molar-refractivity contribution >= 4 is 29.0 Å². The van der Waals surface area contributed by atoms with Gasteiger partial charge >= 0.3 is 0 Å². The van der Waals surface area contributed by atoms with Crippen molar-refractivity contribution in [3.8, 4) is 0 Å². The Hall–Kier alpha value is -2.59. The van der Waals surface area contributed by atoms with Crippen molar-refractivity contribution in [1.29, 1.82) is 0 Å². The Morgan fingerprint density at radius 2 is 1.67 bits per heavy atom. The van der Waals surface area contributed by atoms with E-state index in [0.29, 0.717) is 6.42 Å². The first-order chi connectivity index (χ1) is 13.2. The third kappa shape index (κ3) is 2.43. The minimum atomic E-state index is -0.278. The second-order valence-electron chi connectivity index (χ2n) is 7.16. The third-order valence-corrected chi connectivity index (χ3v) is 6.46. The van der Waals surface area contributed by atoms with E-state index in [2.05, 4.69) is 29.6 Å². The highest BCUT2D eigenvalue weighted by Gasteiger charge is 2.43. The van der Waals surface area contributed by atoms with Gasteiger partial charge in [0.15, 0.2) is 11.6 Å². The number of carbonyl (C=O) groups is 2. The molecule has 0 fully saturated rings. The predicted molar refractivity (Wildman–Crippen MR) is 108 cm³/mol. The minimum Gasteiger partial charge on any atom is -0.358 e. The Labute approximate surface area is 162 Å². The zero-order valence-corrected chi connectivity index (χ0v) is 15.9. The molecular weight excluding hydrogens is 354 g/mol. The molecule has 134 valence electrons.